The van der Waals surface area contributed by atoms with Crippen molar-refractivity contribution in [2.45, 2.75) is 19.8 Å². The first-order valence-electron chi connectivity index (χ1n) is 6.97. The van der Waals surface area contributed by atoms with E-state index in [9.17, 15) is 10.1 Å². The van der Waals surface area contributed by atoms with Gasteiger partial charge in [-0.3, -0.25) is 10.1 Å². The lowest BCUT2D eigenvalue weighted by molar-refractivity contribution is -0.384. The first-order valence-corrected chi connectivity index (χ1v) is 6.97. The Hall–Kier alpha value is -2.56. The van der Waals surface area contributed by atoms with Gasteiger partial charge in [0, 0.05) is 24.4 Å². The average molecular weight is 283 g/mol. The summed E-state index contributed by atoms with van der Waals surface area (Å²) in [5, 5.41) is 10.8. The molecule has 108 valence electrons. The average Bonchev–Trinajstić information content (AvgIpc) is 2.46. The number of nitrogens with two attached hydrogens (primary N) is 1. The van der Waals surface area contributed by atoms with E-state index < -0.39 is 4.92 Å². The van der Waals surface area contributed by atoms with Crippen molar-refractivity contribution < 1.29 is 4.92 Å². The molecule has 0 aromatic heterocycles. The summed E-state index contributed by atoms with van der Waals surface area (Å²) >= 11 is 0. The molecule has 1 aliphatic rings. The van der Waals surface area contributed by atoms with Gasteiger partial charge in [-0.05, 0) is 37.5 Å². The lowest BCUT2D eigenvalue weighted by Gasteiger charge is -2.32. The minimum atomic E-state index is -0.423. The van der Waals surface area contributed by atoms with Crippen LogP contribution in [0.15, 0.2) is 36.4 Å². The number of hydrogen-bond acceptors (Lipinski definition) is 4. The highest BCUT2D eigenvalue weighted by Gasteiger charge is 2.21. The number of non-ortho nitro benzene ring substituents is 1. The summed E-state index contributed by atoms with van der Waals surface area (Å²) in [6.45, 7) is 2.96. The van der Waals surface area contributed by atoms with Crippen molar-refractivity contribution in [1.29, 1.82) is 0 Å². The number of hydrogen-bond donors (Lipinski definition) is 1. The second-order valence-corrected chi connectivity index (χ2v) is 5.39. The van der Waals surface area contributed by atoms with Gasteiger partial charge in [0.05, 0.1) is 16.3 Å². The lowest BCUT2D eigenvalue weighted by atomic mass is 9.99. The van der Waals surface area contributed by atoms with Gasteiger partial charge >= 0.3 is 0 Å². The molecule has 2 aromatic carbocycles. The summed E-state index contributed by atoms with van der Waals surface area (Å²) in [4.78, 5) is 12.5. The minimum Gasteiger partial charge on any atom is -0.397 e. The van der Waals surface area contributed by atoms with Crippen LogP contribution in [0.3, 0.4) is 0 Å². The molecular weight excluding hydrogens is 266 g/mol. The molecule has 0 saturated heterocycles. The summed E-state index contributed by atoms with van der Waals surface area (Å²) in [5.41, 5.74) is 11.0. The van der Waals surface area contributed by atoms with E-state index in [0.29, 0.717) is 5.69 Å². The molecule has 0 atom stereocenters. The van der Waals surface area contributed by atoms with Crippen molar-refractivity contribution in [3.63, 3.8) is 0 Å². The molecule has 3 rings (SSSR count). The molecule has 5 heteroatoms. The van der Waals surface area contributed by atoms with Gasteiger partial charge in [0.15, 0.2) is 0 Å². The smallest absolute Gasteiger partial charge is 0.271 e. The number of fused-ring (bicyclic) bond motifs is 1. The van der Waals surface area contributed by atoms with Gasteiger partial charge in [0.25, 0.3) is 5.69 Å². The van der Waals surface area contributed by atoms with Crippen LogP contribution in [0.2, 0.25) is 0 Å². The molecule has 0 saturated carbocycles. The fourth-order valence-electron chi connectivity index (χ4n) is 2.88. The molecule has 0 fully saturated rings. The zero-order valence-corrected chi connectivity index (χ0v) is 11.9. The highest BCUT2D eigenvalue weighted by molar-refractivity contribution is 5.78. The van der Waals surface area contributed by atoms with E-state index in [2.05, 4.69) is 30.0 Å². The largest absolute Gasteiger partial charge is 0.397 e. The molecule has 0 amide bonds. The van der Waals surface area contributed by atoms with Crippen LogP contribution in [0.25, 0.3) is 0 Å². The third kappa shape index (κ3) is 2.42. The fourth-order valence-corrected chi connectivity index (χ4v) is 2.88. The van der Waals surface area contributed by atoms with Crippen molar-refractivity contribution >= 4 is 22.7 Å². The van der Waals surface area contributed by atoms with Gasteiger partial charge in [-0.25, -0.2) is 0 Å². The Morgan fingerprint density at radius 3 is 2.67 bits per heavy atom. The van der Waals surface area contributed by atoms with Crippen LogP contribution in [0.1, 0.15) is 17.5 Å². The van der Waals surface area contributed by atoms with E-state index >= 15 is 0 Å². The Morgan fingerprint density at radius 1 is 1.19 bits per heavy atom. The molecule has 1 aliphatic heterocycles. The van der Waals surface area contributed by atoms with Crippen LogP contribution >= 0.6 is 0 Å². The number of aryl methyl sites for hydroxylation is 2. The van der Waals surface area contributed by atoms with Crippen LogP contribution in [0.4, 0.5) is 22.7 Å². The topological polar surface area (TPSA) is 72.4 Å². The summed E-state index contributed by atoms with van der Waals surface area (Å²) in [6, 6.07) is 11.1. The Morgan fingerprint density at radius 2 is 1.95 bits per heavy atom. The van der Waals surface area contributed by atoms with Crippen molar-refractivity contribution in [2.24, 2.45) is 0 Å². The molecule has 0 unspecified atom stereocenters. The van der Waals surface area contributed by atoms with Crippen molar-refractivity contribution in [1.82, 2.24) is 0 Å². The molecule has 0 bridgehead atoms. The van der Waals surface area contributed by atoms with E-state index in [4.69, 9.17) is 5.73 Å². The Labute approximate surface area is 123 Å². The summed E-state index contributed by atoms with van der Waals surface area (Å²) in [5.74, 6) is 0. The SMILES string of the molecule is Cc1ccc2c(c1)CCCN2c1ccc([N+](=O)[O-])cc1N. The van der Waals surface area contributed by atoms with Crippen LogP contribution in [-0.4, -0.2) is 11.5 Å². The first kappa shape index (κ1) is 13.4. The van der Waals surface area contributed by atoms with Gasteiger partial charge in [-0.15, -0.1) is 0 Å². The molecule has 2 aromatic rings. The molecule has 0 aliphatic carbocycles. The molecular formula is C16H17N3O2. The zero-order chi connectivity index (χ0) is 15.0. The van der Waals surface area contributed by atoms with E-state index in [1.54, 1.807) is 6.07 Å². The molecule has 5 nitrogen and oxygen atoms in total. The normalized spacial score (nSPS) is 13.9. The fraction of sp³-hybridized carbons (Fsp3) is 0.250. The standard InChI is InChI=1S/C16H17N3O2/c1-11-4-6-15-12(9-11)3-2-8-18(15)16-7-5-13(19(20)21)10-14(16)17/h4-7,9-10H,2-3,8,17H2,1H3. The first-order chi connectivity index (χ1) is 10.1. The monoisotopic (exact) mass is 283 g/mol. The quantitative estimate of drug-likeness (QED) is 0.519. The highest BCUT2D eigenvalue weighted by Crippen LogP contribution is 2.37. The number of benzene rings is 2. The molecule has 0 spiro atoms. The number of nitrogen functional groups attached to an aromatic ring is 1. The van der Waals surface area contributed by atoms with E-state index in [1.165, 1.54) is 23.3 Å². The van der Waals surface area contributed by atoms with E-state index in [0.717, 1.165) is 30.8 Å². The molecule has 21 heavy (non-hydrogen) atoms. The van der Waals surface area contributed by atoms with Gasteiger partial charge in [0.2, 0.25) is 0 Å². The van der Waals surface area contributed by atoms with Crippen LogP contribution in [-0.2, 0) is 6.42 Å². The summed E-state index contributed by atoms with van der Waals surface area (Å²) < 4.78 is 0. The number of nitrogens with zero attached hydrogens (tertiary/aromatic N) is 2. The van der Waals surface area contributed by atoms with Crippen LogP contribution in [0, 0.1) is 17.0 Å². The summed E-state index contributed by atoms with van der Waals surface area (Å²) in [7, 11) is 0. The maximum absolute atomic E-state index is 10.8. The van der Waals surface area contributed by atoms with Crippen molar-refractivity contribution in [3.05, 3.63) is 57.6 Å². The highest BCUT2D eigenvalue weighted by atomic mass is 16.6. The predicted molar refractivity (Wildman–Crippen MR) is 84.0 cm³/mol. The van der Waals surface area contributed by atoms with Gasteiger partial charge in [-0.1, -0.05) is 17.7 Å². The Balaban J connectivity index is 2.05. The Kier molecular flexibility index (Phi) is 3.25. The molecule has 0 radical (unpaired) electrons. The lowest BCUT2D eigenvalue weighted by Crippen LogP contribution is -2.25. The van der Waals surface area contributed by atoms with E-state index in [1.807, 2.05) is 0 Å². The maximum atomic E-state index is 10.8. The summed E-state index contributed by atoms with van der Waals surface area (Å²) in [6.07, 6.45) is 2.10. The molecule has 1 heterocycles. The number of nitro benzene ring substituents is 1. The second-order valence-electron chi connectivity index (χ2n) is 5.39. The molecule has 2 N–H and O–H groups in total. The Bertz CT molecular complexity index is 713. The van der Waals surface area contributed by atoms with Crippen molar-refractivity contribution in [3.8, 4) is 0 Å². The van der Waals surface area contributed by atoms with Gasteiger partial charge in [-0.2, -0.15) is 0 Å². The van der Waals surface area contributed by atoms with Gasteiger partial charge in [0.1, 0.15) is 0 Å². The van der Waals surface area contributed by atoms with E-state index in [-0.39, 0.29) is 5.69 Å². The maximum Gasteiger partial charge on any atom is 0.271 e. The number of rotatable bonds is 2. The number of anilines is 3. The second kappa shape index (κ2) is 5.09. The number of nitro groups is 1. The van der Waals surface area contributed by atoms with Crippen LogP contribution < -0.4 is 10.6 Å². The van der Waals surface area contributed by atoms with Crippen molar-refractivity contribution in [2.75, 3.05) is 17.2 Å². The minimum absolute atomic E-state index is 0.0254. The van der Waals surface area contributed by atoms with Gasteiger partial charge < -0.3 is 10.6 Å². The predicted octanol–water partition coefficient (Wildman–Crippen LogP) is 3.57. The zero-order valence-electron chi connectivity index (χ0n) is 11.9. The third-order valence-corrected chi connectivity index (χ3v) is 3.87. The van der Waals surface area contributed by atoms with Crippen LogP contribution in [0.5, 0.6) is 0 Å². The third-order valence-electron chi connectivity index (χ3n) is 3.87.